The van der Waals surface area contributed by atoms with Crippen molar-refractivity contribution in [1.82, 2.24) is 15.2 Å². The fourth-order valence-electron chi connectivity index (χ4n) is 6.70. The Bertz CT molecular complexity index is 1970. The zero-order valence-electron chi connectivity index (χ0n) is 31.4. The number of likely N-dealkylation sites (N-methyl/N-ethyl adjacent to an activating group) is 1. The minimum Gasteiger partial charge on any atom is -0.397 e. The number of aliphatic hydroxyl groups is 1. The van der Waals surface area contributed by atoms with Gasteiger partial charge in [-0.2, -0.15) is 0 Å². The Morgan fingerprint density at radius 2 is 1.56 bits per heavy atom. The largest absolute Gasteiger partial charge is 0.397 e. The van der Waals surface area contributed by atoms with Crippen molar-refractivity contribution in [3.05, 3.63) is 149 Å². The fraction of sp³-hybridized carbons (Fsp3) is 0.311. The second kappa shape index (κ2) is 19.8. The van der Waals surface area contributed by atoms with E-state index in [1.807, 2.05) is 66.9 Å². The number of pyridine rings is 1. The molecule has 4 aromatic carbocycles. The van der Waals surface area contributed by atoms with Crippen molar-refractivity contribution in [1.29, 1.82) is 0 Å². The molecule has 1 saturated heterocycles. The molecule has 6 rings (SSSR count). The number of para-hydroxylation sites is 2. The van der Waals surface area contributed by atoms with E-state index in [0.29, 0.717) is 50.0 Å². The van der Waals surface area contributed by atoms with Gasteiger partial charge in [-0.05, 0) is 78.0 Å². The van der Waals surface area contributed by atoms with Crippen LogP contribution < -0.4 is 16.4 Å². The number of hydrogen-bond donors (Lipinski definition) is 4. The predicted octanol–water partition coefficient (Wildman–Crippen LogP) is 7.36. The maximum atomic E-state index is 12.6. The highest BCUT2D eigenvalue weighted by Gasteiger charge is 2.32. The van der Waals surface area contributed by atoms with E-state index in [4.69, 9.17) is 15.2 Å². The van der Waals surface area contributed by atoms with Gasteiger partial charge in [0.1, 0.15) is 0 Å². The molecule has 1 fully saturated rings. The second-order valence-corrected chi connectivity index (χ2v) is 14.1. The van der Waals surface area contributed by atoms with Gasteiger partial charge in [-0.1, -0.05) is 84.9 Å². The number of hydrogen-bond acceptors (Lipinski definition) is 8. The molecule has 2 amide bonds. The summed E-state index contributed by atoms with van der Waals surface area (Å²) in [4.78, 5) is 31.6. The number of aliphatic hydroxyl groups excluding tert-OH is 1. The summed E-state index contributed by atoms with van der Waals surface area (Å²) < 4.78 is 13.2. The van der Waals surface area contributed by atoms with Crippen molar-refractivity contribution in [3.8, 4) is 11.1 Å². The van der Waals surface area contributed by atoms with Gasteiger partial charge >= 0.3 is 0 Å². The van der Waals surface area contributed by atoms with Crippen LogP contribution in [0.4, 0.5) is 11.4 Å². The number of unbranched alkanes of at least 4 members (excludes halogenated alkanes) is 1. The Morgan fingerprint density at radius 1 is 0.818 bits per heavy atom. The molecule has 0 radical (unpaired) electrons. The molecule has 10 nitrogen and oxygen atoms in total. The molecule has 5 aromatic rings. The van der Waals surface area contributed by atoms with Crippen LogP contribution in [0, 0.1) is 0 Å². The van der Waals surface area contributed by atoms with Crippen molar-refractivity contribution in [2.45, 2.75) is 70.2 Å². The Hall–Kier alpha value is -5.39. The summed E-state index contributed by atoms with van der Waals surface area (Å²) in [6.07, 6.45) is 4.55. The van der Waals surface area contributed by atoms with Crippen LogP contribution in [-0.2, 0) is 38.6 Å². The summed E-state index contributed by atoms with van der Waals surface area (Å²) in [5.41, 5.74) is 14.0. The number of nitrogens with one attached hydrogen (secondary N) is 2. The lowest BCUT2D eigenvalue weighted by molar-refractivity contribution is -0.252. The minimum atomic E-state index is -0.543. The molecule has 1 aliphatic rings. The first-order valence-electron chi connectivity index (χ1n) is 19.0. The number of carbonyl (C=O) groups excluding carboxylic acids is 2. The Morgan fingerprint density at radius 3 is 2.31 bits per heavy atom. The summed E-state index contributed by atoms with van der Waals surface area (Å²) in [5.74, 6) is -0.160. The van der Waals surface area contributed by atoms with E-state index in [1.54, 1.807) is 12.1 Å². The monoisotopic (exact) mass is 741 g/mol. The third-order valence-electron chi connectivity index (χ3n) is 9.83. The molecular weight excluding hydrogens is 691 g/mol. The molecule has 0 spiro atoms. The predicted molar refractivity (Wildman–Crippen MR) is 216 cm³/mol. The molecule has 1 aliphatic heterocycles. The van der Waals surface area contributed by atoms with E-state index < -0.39 is 6.29 Å². The van der Waals surface area contributed by atoms with Crippen LogP contribution in [0.2, 0.25) is 0 Å². The number of benzene rings is 4. The number of nitrogens with two attached hydrogens (primary N) is 1. The number of nitrogen functional groups attached to an aromatic ring is 1. The van der Waals surface area contributed by atoms with Crippen LogP contribution in [-0.4, -0.2) is 53.0 Å². The van der Waals surface area contributed by atoms with E-state index in [1.165, 1.54) is 0 Å². The maximum Gasteiger partial charge on any atom is 0.224 e. The van der Waals surface area contributed by atoms with Gasteiger partial charge < -0.3 is 35.8 Å². The zero-order chi connectivity index (χ0) is 38.4. The highest BCUT2D eigenvalue weighted by Crippen LogP contribution is 2.38. The Balaban J connectivity index is 1.02. The van der Waals surface area contributed by atoms with Crippen LogP contribution in [0.3, 0.4) is 0 Å². The van der Waals surface area contributed by atoms with Crippen molar-refractivity contribution in [2.24, 2.45) is 0 Å². The van der Waals surface area contributed by atoms with Gasteiger partial charge in [-0.3, -0.25) is 14.6 Å². The number of anilines is 2. The second-order valence-electron chi connectivity index (χ2n) is 14.1. The fourth-order valence-corrected chi connectivity index (χ4v) is 6.70. The van der Waals surface area contributed by atoms with Crippen molar-refractivity contribution in [3.63, 3.8) is 0 Å². The van der Waals surface area contributed by atoms with Crippen LogP contribution in [0.5, 0.6) is 0 Å². The Kier molecular flexibility index (Phi) is 14.1. The third-order valence-corrected chi connectivity index (χ3v) is 9.83. The first kappa shape index (κ1) is 39.3. The van der Waals surface area contributed by atoms with E-state index >= 15 is 0 Å². The van der Waals surface area contributed by atoms with Crippen LogP contribution >= 0.6 is 0 Å². The van der Waals surface area contributed by atoms with E-state index in [0.717, 1.165) is 58.6 Å². The molecule has 0 saturated carbocycles. The summed E-state index contributed by atoms with van der Waals surface area (Å²) in [6, 6.07) is 37.5. The normalized spacial score (nSPS) is 16.8. The van der Waals surface area contributed by atoms with Crippen LogP contribution in [0.25, 0.3) is 11.1 Å². The van der Waals surface area contributed by atoms with E-state index in [9.17, 15) is 14.7 Å². The van der Waals surface area contributed by atoms with Gasteiger partial charge in [0.25, 0.3) is 0 Å². The number of aromatic nitrogens is 1. The number of ether oxygens (including phenoxy) is 2. The molecule has 5 N–H and O–H groups in total. The molecule has 3 unspecified atom stereocenters. The highest BCUT2D eigenvalue weighted by molar-refractivity contribution is 5.93. The lowest BCUT2D eigenvalue weighted by Crippen LogP contribution is -2.38. The zero-order valence-corrected chi connectivity index (χ0v) is 31.4. The number of nitrogens with zero attached hydrogens (tertiary/aromatic N) is 2. The standard InChI is InChI=1S/C45H51N5O5/c1-50(26-24-38-11-6-7-25-47-38)30-39-28-42(35-18-16-32(31-51)17-19-35)55-45(54-39)36-22-20-34(21-23-36)37-10-8-9-33(27-37)29-48-43(52)14-4-5-15-44(53)49-41-13-3-2-12-40(41)46/h2-3,6-13,16-23,25,27,39,42,45,51H,4-5,14-15,24,26,28-31,46H2,1H3,(H,48,52)(H,49,53). The molecule has 3 atom stereocenters. The minimum absolute atomic E-state index is 0.000680. The average Bonchev–Trinajstić information content (AvgIpc) is 3.22. The molecule has 286 valence electrons. The highest BCUT2D eigenvalue weighted by atomic mass is 16.7. The molecule has 0 aliphatic carbocycles. The number of amides is 2. The van der Waals surface area contributed by atoms with Gasteiger partial charge in [0.15, 0.2) is 6.29 Å². The van der Waals surface area contributed by atoms with Gasteiger partial charge in [0.2, 0.25) is 11.8 Å². The summed E-state index contributed by atoms with van der Waals surface area (Å²) in [5, 5.41) is 15.4. The van der Waals surface area contributed by atoms with Gasteiger partial charge in [0, 0.05) is 62.8 Å². The SMILES string of the molecule is CN(CCc1ccccn1)CC1CC(c2ccc(CO)cc2)OC(c2ccc(-c3cccc(CNC(=O)CCCCC(=O)Nc4ccccc4N)c3)cc2)O1. The smallest absolute Gasteiger partial charge is 0.224 e. The number of rotatable bonds is 17. The van der Waals surface area contributed by atoms with E-state index in [-0.39, 0.29) is 30.6 Å². The lowest BCUT2D eigenvalue weighted by atomic mass is 9.99. The first-order chi connectivity index (χ1) is 26.8. The maximum absolute atomic E-state index is 12.6. The first-order valence-corrected chi connectivity index (χ1v) is 19.0. The topological polar surface area (TPSA) is 139 Å². The van der Waals surface area contributed by atoms with Gasteiger partial charge in [0.05, 0.1) is 30.2 Å². The number of carbonyl (C=O) groups is 2. The molecule has 1 aromatic heterocycles. The van der Waals surface area contributed by atoms with Crippen LogP contribution in [0.15, 0.2) is 121 Å². The average molecular weight is 742 g/mol. The van der Waals surface area contributed by atoms with Gasteiger partial charge in [-0.25, -0.2) is 0 Å². The third kappa shape index (κ3) is 11.8. The van der Waals surface area contributed by atoms with Crippen LogP contribution in [0.1, 0.15) is 72.4 Å². The Labute approximate surface area is 323 Å². The molecule has 0 bridgehead atoms. The van der Waals surface area contributed by atoms with Crippen molar-refractivity contribution in [2.75, 3.05) is 31.2 Å². The molecule has 55 heavy (non-hydrogen) atoms. The molecule has 2 heterocycles. The summed E-state index contributed by atoms with van der Waals surface area (Å²) >= 11 is 0. The summed E-state index contributed by atoms with van der Waals surface area (Å²) in [7, 11) is 2.12. The molecular formula is C45H51N5O5. The summed E-state index contributed by atoms with van der Waals surface area (Å²) in [6.45, 7) is 2.03. The van der Waals surface area contributed by atoms with E-state index in [2.05, 4.69) is 70.0 Å². The van der Waals surface area contributed by atoms with Crippen molar-refractivity contribution < 1.29 is 24.2 Å². The van der Waals surface area contributed by atoms with Gasteiger partial charge in [-0.15, -0.1) is 0 Å². The van der Waals surface area contributed by atoms with Crippen molar-refractivity contribution >= 4 is 23.2 Å². The lowest BCUT2D eigenvalue weighted by Gasteiger charge is -2.38. The molecule has 10 heteroatoms. The quantitative estimate of drug-likeness (QED) is 0.0573.